The van der Waals surface area contributed by atoms with E-state index in [0.717, 1.165) is 31.2 Å². The summed E-state index contributed by atoms with van der Waals surface area (Å²) < 4.78 is 13.1. The van der Waals surface area contributed by atoms with Crippen molar-refractivity contribution in [3.63, 3.8) is 0 Å². The van der Waals surface area contributed by atoms with Crippen molar-refractivity contribution in [2.45, 2.75) is 25.7 Å². The molecule has 0 saturated carbocycles. The van der Waals surface area contributed by atoms with Crippen molar-refractivity contribution in [3.05, 3.63) is 70.1 Å². The van der Waals surface area contributed by atoms with Gasteiger partial charge in [-0.1, -0.05) is 23.7 Å². The first-order valence-corrected chi connectivity index (χ1v) is 12.0. The number of nitrogens with one attached hydrogen (secondary N) is 1. The summed E-state index contributed by atoms with van der Waals surface area (Å²) in [7, 11) is 0. The molecular formula is C26H25ClFN3O3. The highest BCUT2D eigenvalue weighted by atomic mass is 35.5. The number of carbonyl (C=O) groups excluding carboxylic acids is 3. The summed E-state index contributed by atoms with van der Waals surface area (Å²) in [6, 6.07) is 9.83. The van der Waals surface area contributed by atoms with Crippen molar-refractivity contribution < 1.29 is 18.8 Å². The number of ketones is 1. The van der Waals surface area contributed by atoms with Crippen LogP contribution in [-0.2, 0) is 11.2 Å². The highest BCUT2D eigenvalue weighted by Gasteiger charge is 2.30. The first-order chi connectivity index (χ1) is 16.4. The van der Waals surface area contributed by atoms with Crippen molar-refractivity contribution in [2.24, 2.45) is 5.92 Å². The molecule has 8 heteroatoms. The molecule has 6 nitrogen and oxygen atoms in total. The van der Waals surface area contributed by atoms with Crippen LogP contribution in [0.15, 0.2) is 42.6 Å². The van der Waals surface area contributed by atoms with Gasteiger partial charge < -0.3 is 14.8 Å². The summed E-state index contributed by atoms with van der Waals surface area (Å²) in [4.78, 5) is 44.8. The monoisotopic (exact) mass is 481 g/mol. The summed E-state index contributed by atoms with van der Waals surface area (Å²) in [6.45, 7) is 2.40. The lowest BCUT2D eigenvalue weighted by Crippen LogP contribution is -2.45. The fourth-order valence-electron chi connectivity index (χ4n) is 4.74. The number of likely N-dealkylation sites (tertiary alicyclic amines) is 2. The second-order valence-electron chi connectivity index (χ2n) is 9.12. The van der Waals surface area contributed by atoms with Gasteiger partial charge in [0.15, 0.2) is 0 Å². The molecule has 0 unspecified atom stereocenters. The molecule has 0 aliphatic carbocycles. The van der Waals surface area contributed by atoms with E-state index >= 15 is 0 Å². The Morgan fingerprint density at radius 3 is 2.32 bits per heavy atom. The van der Waals surface area contributed by atoms with Gasteiger partial charge in [0.25, 0.3) is 17.6 Å². The molecule has 0 spiro atoms. The van der Waals surface area contributed by atoms with E-state index < -0.39 is 11.7 Å². The molecule has 2 aromatic carbocycles. The van der Waals surface area contributed by atoms with E-state index in [1.165, 1.54) is 23.2 Å². The number of hydrogen-bond acceptors (Lipinski definition) is 3. The Bertz CT molecular complexity index is 1260. The van der Waals surface area contributed by atoms with Crippen LogP contribution in [0.2, 0.25) is 5.02 Å². The predicted octanol–water partition coefficient (Wildman–Crippen LogP) is 4.47. The fourth-order valence-corrected chi connectivity index (χ4v) is 4.98. The molecule has 176 valence electrons. The topological polar surface area (TPSA) is 73.5 Å². The quantitative estimate of drug-likeness (QED) is 0.431. The Labute approximate surface area is 201 Å². The van der Waals surface area contributed by atoms with Crippen molar-refractivity contribution in [3.8, 4) is 0 Å². The van der Waals surface area contributed by atoms with Gasteiger partial charge in [0, 0.05) is 43.3 Å². The molecule has 2 aliphatic heterocycles. The molecule has 1 N–H and O–H groups in total. The predicted molar refractivity (Wildman–Crippen MR) is 128 cm³/mol. The van der Waals surface area contributed by atoms with E-state index in [1.807, 2.05) is 12.1 Å². The maximum atomic E-state index is 13.3. The summed E-state index contributed by atoms with van der Waals surface area (Å²) in [5, 5.41) is 0.832. The van der Waals surface area contributed by atoms with Crippen LogP contribution in [0.3, 0.4) is 0 Å². The number of piperidine rings is 1. The number of carbonyl (C=O) groups is 3. The number of aromatic nitrogens is 1. The number of fused-ring (bicyclic) bond motifs is 1. The molecule has 3 heterocycles. The number of H-pyrrole nitrogens is 1. The third-order valence-corrected chi connectivity index (χ3v) is 7.23. The second-order valence-corrected chi connectivity index (χ2v) is 9.53. The van der Waals surface area contributed by atoms with Crippen LogP contribution in [0, 0.1) is 11.7 Å². The Hall–Kier alpha value is -3.19. The SMILES string of the molecule is O=C(C(=O)N1CCC1)c1c[nH]c2cc(Cl)c(C(=O)N3CCC(Cc4ccc(F)cc4)CC3)cc12. The smallest absolute Gasteiger partial charge is 0.295 e. The minimum absolute atomic E-state index is 0.180. The van der Waals surface area contributed by atoms with Gasteiger partial charge in [-0.25, -0.2) is 4.39 Å². The first kappa shape index (κ1) is 22.6. The average molecular weight is 482 g/mol. The third kappa shape index (κ3) is 4.32. The molecule has 2 fully saturated rings. The lowest BCUT2D eigenvalue weighted by molar-refractivity contribution is -0.129. The number of Topliss-reactive ketones (excluding diaryl/α,β-unsaturated/α-hetero) is 1. The molecule has 2 aliphatic rings. The summed E-state index contributed by atoms with van der Waals surface area (Å²) in [5.41, 5.74) is 2.29. The lowest BCUT2D eigenvalue weighted by atomic mass is 9.90. The van der Waals surface area contributed by atoms with Crippen LogP contribution in [0.25, 0.3) is 10.9 Å². The molecule has 0 bridgehead atoms. The van der Waals surface area contributed by atoms with Crippen LogP contribution in [0.5, 0.6) is 0 Å². The average Bonchev–Trinajstić information content (AvgIpc) is 3.21. The van der Waals surface area contributed by atoms with E-state index in [4.69, 9.17) is 11.6 Å². The van der Waals surface area contributed by atoms with Gasteiger partial charge in [-0.05, 0) is 61.4 Å². The Kier molecular flexibility index (Phi) is 6.13. The minimum atomic E-state index is -0.576. The van der Waals surface area contributed by atoms with Gasteiger partial charge in [0.1, 0.15) is 5.82 Å². The molecule has 2 amide bonds. The molecule has 2 saturated heterocycles. The zero-order chi connectivity index (χ0) is 23.8. The van der Waals surface area contributed by atoms with Gasteiger partial charge >= 0.3 is 0 Å². The standard InChI is InChI=1S/C26H25ClFN3O3/c27-22-14-23-19(21(15-29-23)24(32)26(34)30-8-1-9-30)13-20(22)25(33)31-10-6-17(7-11-31)12-16-2-4-18(28)5-3-16/h2-5,13-15,17,29H,1,6-12H2. The molecule has 34 heavy (non-hydrogen) atoms. The zero-order valence-electron chi connectivity index (χ0n) is 18.7. The van der Waals surface area contributed by atoms with Crippen molar-refractivity contribution >= 4 is 40.1 Å². The Balaban J connectivity index is 1.30. The number of aromatic amines is 1. The first-order valence-electron chi connectivity index (χ1n) is 11.6. The molecule has 5 rings (SSSR count). The van der Waals surface area contributed by atoms with E-state index in [2.05, 4.69) is 4.98 Å². The molecule has 3 aromatic rings. The summed E-state index contributed by atoms with van der Waals surface area (Å²) in [6.07, 6.45) is 4.97. The van der Waals surface area contributed by atoms with Gasteiger partial charge in [-0.15, -0.1) is 0 Å². The molecule has 1 aromatic heterocycles. The maximum absolute atomic E-state index is 13.3. The number of halogens is 2. The summed E-state index contributed by atoms with van der Waals surface area (Å²) >= 11 is 6.44. The van der Waals surface area contributed by atoms with Gasteiger partial charge in [0.2, 0.25) is 0 Å². The Morgan fingerprint density at radius 1 is 0.971 bits per heavy atom. The van der Waals surface area contributed by atoms with E-state index in [1.54, 1.807) is 17.0 Å². The highest BCUT2D eigenvalue weighted by Crippen LogP contribution is 2.30. The van der Waals surface area contributed by atoms with Crippen LogP contribution >= 0.6 is 11.6 Å². The number of benzene rings is 2. The van der Waals surface area contributed by atoms with Crippen molar-refractivity contribution in [1.82, 2.24) is 14.8 Å². The highest BCUT2D eigenvalue weighted by molar-refractivity contribution is 6.45. The number of rotatable bonds is 5. The largest absolute Gasteiger partial charge is 0.360 e. The molecule has 0 radical (unpaired) electrons. The van der Waals surface area contributed by atoms with E-state index in [9.17, 15) is 18.8 Å². The second kappa shape index (κ2) is 9.22. The Morgan fingerprint density at radius 2 is 1.68 bits per heavy atom. The molecule has 0 atom stereocenters. The minimum Gasteiger partial charge on any atom is -0.360 e. The number of hydrogen-bond donors (Lipinski definition) is 1. The van der Waals surface area contributed by atoms with Crippen LogP contribution < -0.4 is 0 Å². The van der Waals surface area contributed by atoms with Crippen LogP contribution in [0.4, 0.5) is 4.39 Å². The fraction of sp³-hybridized carbons (Fsp3) is 0.346. The van der Waals surface area contributed by atoms with Gasteiger partial charge in [0.05, 0.1) is 16.1 Å². The third-order valence-electron chi connectivity index (χ3n) is 6.92. The zero-order valence-corrected chi connectivity index (χ0v) is 19.4. The van der Waals surface area contributed by atoms with E-state index in [-0.39, 0.29) is 17.3 Å². The van der Waals surface area contributed by atoms with E-state index in [0.29, 0.717) is 53.6 Å². The number of amides is 2. The van der Waals surface area contributed by atoms with Crippen LogP contribution in [0.1, 0.15) is 45.5 Å². The summed E-state index contributed by atoms with van der Waals surface area (Å²) in [5.74, 6) is -1.09. The molecular weight excluding hydrogens is 457 g/mol. The normalized spacial score (nSPS) is 16.5. The van der Waals surface area contributed by atoms with Crippen molar-refractivity contribution in [1.29, 1.82) is 0 Å². The van der Waals surface area contributed by atoms with Crippen molar-refractivity contribution in [2.75, 3.05) is 26.2 Å². The van der Waals surface area contributed by atoms with Gasteiger partial charge in [-0.3, -0.25) is 14.4 Å². The lowest BCUT2D eigenvalue weighted by Gasteiger charge is -2.32. The van der Waals surface area contributed by atoms with Crippen LogP contribution in [-0.4, -0.2) is 58.6 Å². The maximum Gasteiger partial charge on any atom is 0.295 e. The van der Waals surface area contributed by atoms with Gasteiger partial charge in [-0.2, -0.15) is 0 Å². The number of nitrogens with zero attached hydrogens (tertiary/aromatic N) is 2.